The third-order valence-corrected chi connectivity index (χ3v) is 5.50. The quantitative estimate of drug-likeness (QED) is 0.819. The van der Waals surface area contributed by atoms with Crippen LogP contribution in [0.2, 0.25) is 0 Å². The highest BCUT2D eigenvalue weighted by atomic mass is 32.2. The molecule has 0 heterocycles. The first-order valence-corrected chi connectivity index (χ1v) is 9.28. The Balaban J connectivity index is 2.15. The third kappa shape index (κ3) is 5.04. The Hall–Kier alpha value is -2.38. The highest BCUT2D eigenvalue weighted by Crippen LogP contribution is 2.19. The molecule has 2 rings (SSSR count). The lowest BCUT2D eigenvalue weighted by molar-refractivity contribution is -0.119. The number of hydrogen-bond acceptors (Lipinski definition) is 3. The van der Waals surface area contributed by atoms with Crippen molar-refractivity contribution in [2.75, 3.05) is 24.9 Å². The largest absolute Gasteiger partial charge is 0.350 e. The zero-order valence-corrected chi connectivity index (χ0v) is 15.5. The fraction of sp³-hybridized carbons (Fsp3) is 0.278. The van der Waals surface area contributed by atoms with E-state index in [1.807, 2.05) is 49.4 Å². The van der Waals surface area contributed by atoms with Crippen LogP contribution in [0.4, 0.5) is 5.69 Å². The van der Waals surface area contributed by atoms with Crippen LogP contribution < -0.4 is 9.62 Å². The van der Waals surface area contributed by atoms with Gasteiger partial charge in [0.15, 0.2) is 0 Å². The molecular formula is C18H23N3O3S. The van der Waals surface area contributed by atoms with Crippen molar-refractivity contribution in [1.29, 1.82) is 0 Å². The van der Waals surface area contributed by atoms with Crippen LogP contribution in [0, 0.1) is 6.92 Å². The van der Waals surface area contributed by atoms with Gasteiger partial charge in [0, 0.05) is 20.6 Å². The second-order valence-electron chi connectivity index (χ2n) is 5.89. The molecule has 0 aliphatic carbocycles. The van der Waals surface area contributed by atoms with E-state index in [1.54, 1.807) is 12.1 Å². The van der Waals surface area contributed by atoms with Crippen molar-refractivity contribution in [1.82, 2.24) is 9.62 Å². The molecule has 1 amide bonds. The Bertz CT molecular complexity index is 803. The van der Waals surface area contributed by atoms with Crippen LogP contribution in [0.3, 0.4) is 0 Å². The van der Waals surface area contributed by atoms with E-state index in [9.17, 15) is 13.2 Å². The number of benzene rings is 2. The lowest BCUT2D eigenvalue weighted by Gasteiger charge is -2.27. The zero-order valence-electron chi connectivity index (χ0n) is 14.6. The molecular weight excluding hydrogens is 338 g/mol. The maximum atomic E-state index is 12.6. The van der Waals surface area contributed by atoms with Gasteiger partial charge in [0.1, 0.15) is 6.54 Å². The average molecular weight is 361 g/mol. The predicted octanol–water partition coefficient (Wildman–Crippen LogP) is 1.92. The summed E-state index contributed by atoms with van der Waals surface area (Å²) >= 11 is 0. The summed E-state index contributed by atoms with van der Waals surface area (Å²) in [6.07, 6.45) is 0. The van der Waals surface area contributed by atoms with Gasteiger partial charge in [-0.25, -0.2) is 4.31 Å². The first kappa shape index (κ1) is 19.0. The molecule has 0 atom stereocenters. The van der Waals surface area contributed by atoms with E-state index in [0.717, 1.165) is 19.7 Å². The summed E-state index contributed by atoms with van der Waals surface area (Å²) in [6.45, 7) is 1.99. The monoisotopic (exact) mass is 361 g/mol. The SMILES string of the molecule is Cc1ccc(N(CC(=O)NCc2ccccc2)S(=O)(=O)N(C)C)cc1. The molecule has 0 aromatic heterocycles. The van der Waals surface area contributed by atoms with Crippen LogP contribution >= 0.6 is 0 Å². The van der Waals surface area contributed by atoms with Crippen LogP contribution in [0.15, 0.2) is 54.6 Å². The zero-order chi connectivity index (χ0) is 18.4. The molecule has 0 saturated carbocycles. The second kappa shape index (κ2) is 8.13. The molecule has 0 fully saturated rings. The van der Waals surface area contributed by atoms with Crippen LogP contribution in [-0.4, -0.2) is 39.3 Å². The molecule has 0 aliphatic rings. The van der Waals surface area contributed by atoms with E-state index in [2.05, 4.69) is 5.32 Å². The highest BCUT2D eigenvalue weighted by molar-refractivity contribution is 7.90. The topological polar surface area (TPSA) is 69.7 Å². The fourth-order valence-electron chi connectivity index (χ4n) is 2.20. The summed E-state index contributed by atoms with van der Waals surface area (Å²) < 4.78 is 27.4. The van der Waals surface area contributed by atoms with Gasteiger partial charge in [-0.15, -0.1) is 0 Å². The number of nitrogens with zero attached hydrogens (tertiary/aromatic N) is 2. The molecule has 6 nitrogen and oxygen atoms in total. The molecule has 1 N–H and O–H groups in total. The molecule has 7 heteroatoms. The standard InChI is InChI=1S/C18H23N3O3S/c1-15-9-11-17(12-10-15)21(25(23,24)20(2)3)14-18(22)19-13-16-7-5-4-6-8-16/h4-12H,13-14H2,1-3H3,(H,19,22). The van der Waals surface area contributed by atoms with Crippen molar-refractivity contribution in [2.45, 2.75) is 13.5 Å². The molecule has 0 aliphatic heterocycles. The van der Waals surface area contributed by atoms with Crippen LogP contribution in [0.1, 0.15) is 11.1 Å². The molecule has 0 radical (unpaired) electrons. The van der Waals surface area contributed by atoms with Gasteiger partial charge in [-0.2, -0.15) is 12.7 Å². The number of carbonyl (C=O) groups excluding carboxylic acids is 1. The van der Waals surface area contributed by atoms with Crippen molar-refractivity contribution in [3.05, 3.63) is 65.7 Å². The van der Waals surface area contributed by atoms with Crippen molar-refractivity contribution in [3.8, 4) is 0 Å². The molecule has 0 spiro atoms. The van der Waals surface area contributed by atoms with E-state index < -0.39 is 10.2 Å². The summed E-state index contributed by atoms with van der Waals surface area (Å²) in [5.41, 5.74) is 2.42. The van der Waals surface area contributed by atoms with Crippen LogP contribution in [0.25, 0.3) is 0 Å². The summed E-state index contributed by atoms with van der Waals surface area (Å²) in [7, 11) is -0.891. The Morgan fingerprint density at radius 2 is 1.60 bits per heavy atom. The number of nitrogens with one attached hydrogen (secondary N) is 1. The van der Waals surface area contributed by atoms with Crippen LogP contribution in [0.5, 0.6) is 0 Å². The Labute approximate surface area is 149 Å². The summed E-state index contributed by atoms with van der Waals surface area (Å²) in [4.78, 5) is 12.3. The van der Waals surface area contributed by atoms with Crippen molar-refractivity contribution in [3.63, 3.8) is 0 Å². The van der Waals surface area contributed by atoms with E-state index in [0.29, 0.717) is 12.2 Å². The Morgan fingerprint density at radius 1 is 1.00 bits per heavy atom. The third-order valence-electron chi connectivity index (χ3n) is 3.68. The molecule has 0 unspecified atom stereocenters. The fourth-order valence-corrected chi connectivity index (χ4v) is 3.26. The highest BCUT2D eigenvalue weighted by Gasteiger charge is 2.27. The minimum Gasteiger partial charge on any atom is -0.350 e. The summed E-state index contributed by atoms with van der Waals surface area (Å²) in [6, 6.07) is 16.5. The average Bonchev–Trinajstić information content (AvgIpc) is 2.59. The number of rotatable bonds is 7. The number of hydrogen-bond donors (Lipinski definition) is 1. The molecule has 2 aromatic rings. The van der Waals surface area contributed by atoms with E-state index in [-0.39, 0.29) is 12.5 Å². The molecule has 134 valence electrons. The molecule has 0 bridgehead atoms. The van der Waals surface area contributed by atoms with Gasteiger partial charge in [-0.05, 0) is 24.6 Å². The molecule has 0 saturated heterocycles. The lowest BCUT2D eigenvalue weighted by Crippen LogP contribution is -2.45. The lowest BCUT2D eigenvalue weighted by atomic mass is 10.2. The number of aryl methyl sites for hydroxylation is 1. The van der Waals surface area contributed by atoms with Gasteiger partial charge >= 0.3 is 10.2 Å². The van der Waals surface area contributed by atoms with Crippen LogP contribution in [-0.2, 0) is 21.5 Å². The maximum absolute atomic E-state index is 12.6. The number of anilines is 1. The van der Waals surface area contributed by atoms with Gasteiger partial charge in [-0.3, -0.25) is 4.79 Å². The van der Waals surface area contributed by atoms with E-state index in [4.69, 9.17) is 0 Å². The molecule has 2 aromatic carbocycles. The smallest absolute Gasteiger partial charge is 0.304 e. The van der Waals surface area contributed by atoms with Gasteiger partial charge in [-0.1, -0.05) is 48.0 Å². The van der Waals surface area contributed by atoms with Gasteiger partial charge in [0.05, 0.1) is 5.69 Å². The minimum atomic E-state index is -3.78. The first-order chi connectivity index (χ1) is 11.8. The minimum absolute atomic E-state index is 0.281. The molecule has 25 heavy (non-hydrogen) atoms. The first-order valence-electron chi connectivity index (χ1n) is 7.88. The Morgan fingerprint density at radius 3 is 2.16 bits per heavy atom. The number of carbonyl (C=O) groups is 1. The van der Waals surface area contributed by atoms with Crippen molar-refractivity contribution >= 4 is 21.8 Å². The van der Waals surface area contributed by atoms with Crippen molar-refractivity contribution in [2.24, 2.45) is 0 Å². The number of amides is 1. The van der Waals surface area contributed by atoms with E-state index >= 15 is 0 Å². The summed E-state index contributed by atoms with van der Waals surface area (Å²) in [5.74, 6) is -0.366. The van der Waals surface area contributed by atoms with Crippen molar-refractivity contribution < 1.29 is 13.2 Å². The normalized spacial score (nSPS) is 11.4. The van der Waals surface area contributed by atoms with Gasteiger partial charge < -0.3 is 5.32 Å². The predicted molar refractivity (Wildman–Crippen MR) is 99.4 cm³/mol. The summed E-state index contributed by atoms with van der Waals surface area (Å²) in [5, 5.41) is 2.76. The Kier molecular flexibility index (Phi) is 6.17. The van der Waals surface area contributed by atoms with Gasteiger partial charge in [0.25, 0.3) is 0 Å². The maximum Gasteiger partial charge on any atom is 0.304 e. The van der Waals surface area contributed by atoms with E-state index in [1.165, 1.54) is 14.1 Å². The van der Waals surface area contributed by atoms with Gasteiger partial charge in [0.2, 0.25) is 5.91 Å². The second-order valence-corrected chi connectivity index (χ2v) is 7.96.